The third-order valence-electron chi connectivity index (χ3n) is 4.47. The van der Waals surface area contributed by atoms with E-state index >= 15 is 0 Å². The number of nitro benzene ring substituents is 1. The van der Waals surface area contributed by atoms with Gasteiger partial charge in [0, 0.05) is 18.2 Å². The molecule has 0 spiro atoms. The largest absolute Gasteiger partial charge is 0.393 e. The average Bonchev–Trinajstić information content (AvgIpc) is 2.54. The van der Waals surface area contributed by atoms with Crippen molar-refractivity contribution >= 4 is 17.3 Å². The molecular weight excluding hydrogens is 286 g/mol. The van der Waals surface area contributed by atoms with Gasteiger partial charge in [-0.2, -0.15) is 0 Å². The molecule has 0 radical (unpaired) electrons. The normalized spacial score (nSPS) is 24.6. The predicted octanol–water partition coefficient (Wildman–Crippen LogP) is 1.96. The van der Waals surface area contributed by atoms with E-state index in [4.69, 9.17) is 10.5 Å². The summed E-state index contributed by atoms with van der Waals surface area (Å²) in [5.41, 5.74) is 5.75. The third-order valence-corrected chi connectivity index (χ3v) is 4.47. The number of benzene rings is 1. The monoisotopic (exact) mass is 305 g/mol. The molecule has 1 aromatic carbocycles. The van der Waals surface area contributed by atoms with Gasteiger partial charge in [-0.1, -0.05) is 12.8 Å². The van der Waals surface area contributed by atoms with E-state index in [0.29, 0.717) is 18.7 Å². The second-order valence-corrected chi connectivity index (χ2v) is 5.79. The molecule has 7 nitrogen and oxygen atoms in total. The van der Waals surface area contributed by atoms with Crippen molar-refractivity contribution in [3.8, 4) is 0 Å². The van der Waals surface area contributed by atoms with Crippen molar-refractivity contribution in [1.82, 2.24) is 4.90 Å². The Bertz CT molecular complexity index is 602. The quantitative estimate of drug-likeness (QED) is 0.511. The summed E-state index contributed by atoms with van der Waals surface area (Å²) in [5, 5.41) is 11.0. The van der Waals surface area contributed by atoms with Crippen molar-refractivity contribution in [1.29, 1.82) is 0 Å². The molecule has 7 heteroatoms. The van der Waals surface area contributed by atoms with Gasteiger partial charge in [-0.3, -0.25) is 14.9 Å². The predicted molar refractivity (Wildman–Crippen MR) is 80.5 cm³/mol. The van der Waals surface area contributed by atoms with Crippen LogP contribution in [-0.2, 0) is 4.74 Å². The maximum atomic E-state index is 12.7. The van der Waals surface area contributed by atoms with Crippen LogP contribution in [0, 0.1) is 10.1 Å². The smallest absolute Gasteiger partial charge is 0.292 e. The highest BCUT2D eigenvalue weighted by Gasteiger charge is 2.37. The number of amides is 1. The minimum atomic E-state index is -0.561. The van der Waals surface area contributed by atoms with Crippen LogP contribution in [0.4, 0.5) is 11.4 Å². The highest BCUT2D eigenvalue weighted by Crippen LogP contribution is 2.30. The van der Waals surface area contributed by atoms with Gasteiger partial charge in [0.05, 0.1) is 23.7 Å². The third kappa shape index (κ3) is 2.64. The standard InChI is InChI=1S/C15H19N3O4/c16-11-6-5-10(9-13(11)18(20)21)15(19)17-7-8-22-14-4-2-1-3-12(14)17/h5-6,9,12,14H,1-4,7-8,16H2/t12-,14-/m1/s1. The number of hydrogen-bond donors (Lipinski definition) is 1. The lowest BCUT2D eigenvalue weighted by Gasteiger charge is -2.43. The van der Waals surface area contributed by atoms with Crippen molar-refractivity contribution in [3.63, 3.8) is 0 Å². The summed E-state index contributed by atoms with van der Waals surface area (Å²) in [6.45, 7) is 1.04. The first-order valence-corrected chi connectivity index (χ1v) is 7.54. The van der Waals surface area contributed by atoms with E-state index in [9.17, 15) is 14.9 Å². The summed E-state index contributed by atoms with van der Waals surface area (Å²) in [5.74, 6) is -0.177. The fourth-order valence-electron chi connectivity index (χ4n) is 3.35. The molecule has 2 N–H and O–H groups in total. The number of fused-ring (bicyclic) bond motifs is 1. The van der Waals surface area contributed by atoms with Crippen LogP contribution in [0.5, 0.6) is 0 Å². The van der Waals surface area contributed by atoms with E-state index in [0.717, 1.165) is 25.7 Å². The van der Waals surface area contributed by atoms with Crippen LogP contribution in [0.25, 0.3) is 0 Å². The Balaban J connectivity index is 1.86. The number of hydrogen-bond acceptors (Lipinski definition) is 5. The van der Waals surface area contributed by atoms with Gasteiger partial charge >= 0.3 is 0 Å². The number of nitro groups is 1. The number of carbonyl (C=O) groups excluding carboxylic acids is 1. The second kappa shape index (κ2) is 5.92. The lowest BCUT2D eigenvalue weighted by Crippen LogP contribution is -2.54. The molecule has 0 aromatic heterocycles. The fourth-order valence-corrected chi connectivity index (χ4v) is 3.35. The number of rotatable bonds is 2. The molecule has 2 atom stereocenters. The summed E-state index contributed by atoms with van der Waals surface area (Å²) < 4.78 is 5.76. The van der Waals surface area contributed by atoms with Crippen LogP contribution >= 0.6 is 0 Å². The van der Waals surface area contributed by atoms with E-state index < -0.39 is 4.92 Å². The highest BCUT2D eigenvalue weighted by atomic mass is 16.6. The molecule has 2 aliphatic rings. The second-order valence-electron chi connectivity index (χ2n) is 5.79. The summed E-state index contributed by atoms with van der Waals surface area (Å²) in [4.78, 5) is 25.0. The van der Waals surface area contributed by atoms with Gasteiger partial charge in [0.2, 0.25) is 0 Å². The number of nitrogens with two attached hydrogens (primary N) is 1. The van der Waals surface area contributed by atoms with Gasteiger partial charge in [0.25, 0.3) is 11.6 Å². The fraction of sp³-hybridized carbons (Fsp3) is 0.533. The van der Waals surface area contributed by atoms with Crippen molar-refractivity contribution in [2.24, 2.45) is 0 Å². The molecule has 0 bridgehead atoms. The Morgan fingerprint density at radius 2 is 2.14 bits per heavy atom. The molecule has 2 fully saturated rings. The van der Waals surface area contributed by atoms with Crippen LogP contribution in [0.1, 0.15) is 36.0 Å². The molecule has 22 heavy (non-hydrogen) atoms. The van der Waals surface area contributed by atoms with Gasteiger partial charge in [-0.05, 0) is 25.0 Å². The van der Waals surface area contributed by atoms with Crippen molar-refractivity contribution in [3.05, 3.63) is 33.9 Å². The van der Waals surface area contributed by atoms with Crippen LogP contribution in [-0.4, -0.2) is 41.0 Å². The van der Waals surface area contributed by atoms with Crippen molar-refractivity contribution < 1.29 is 14.5 Å². The Labute approximate surface area is 128 Å². The summed E-state index contributed by atoms with van der Waals surface area (Å²) in [6.07, 6.45) is 4.19. The zero-order chi connectivity index (χ0) is 15.7. The molecule has 1 aliphatic heterocycles. The van der Waals surface area contributed by atoms with Crippen molar-refractivity contribution in [2.45, 2.75) is 37.8 Å². The summed E-state index contributed by atoms with van der Waals surface area (Å²) in [7, 11) is 0. The molecule has 1 heterocycles. The molecule has 0 unspecified atom stereocenters. The molecule has 1 saturated heterocycles. The minimum Gasteiger partial charge on any atom is -0.393 e. The number of anilines is 1. The van der Waals surface area contributed by atoms with E-state index in [-0.39, 0.29) is 29.4 Å². The number of ether oxygens (including phenoxy) is 1. The van der Waals surface area contributed by atoms with Crippen LogP contribution < -0.4 is 5.73 Å². The van der Waals surface area contributed by atoms with Gasteiger partial charge < -0.3 is 15.4 Å². The van der Waals surface area contributed by atoms with E-state index in [1.807, 2.05) is 4.90 Å². The first-order valence-electron chi connectivity index (χ1n) is 7.54. The Morgan fingerprint density at radius 1 is 1.36 bits per heavy atom. The number of nitrogens with zero attached hydrogens (tertiary/aromatic N) is 2. The van der Waals surface area contributed by atoms with Gasteiger partial charge in [0.1, 0.15) is 5.69 Å². The van der Waals surface area contributed by atoms with Crippen LogP contribution in [0.15, 0.2) is 18.2 Å². The van der Waals surface area contributed by atoms with Crippen LogP contribution in [0.2, 0.25) is 0 Å². The maximum absolute atomic E-state index is 12.7. The topological polar surface area (TPSA) is 98.7 Å². The zero-order valence-electron chi connectivity index (χ0n) is 12.2. The summed E-state index contributed by atoms with van der Waals surface area (Å²) >= 11 is 0. The molecule has 1 aliphatic carbocycles. The number of nitrogen functional groups attached to an aromatic ring is 1. The first-order chi connectivity index (χ1) is 10.6. The lowest BCUT2D eigenvalue weighted by molar-refractivity contribution is -0.383. The van der Waals surface area contributed by atoms with Gasteiger partial charge in [-0.15, -0.1) is 0 Å². The van der Waals surface area contributed by atoms with Gasteiger partial charge in [0.15, 0.2) is 0 Å². The van der Waals surface area contributed by atoms with E-state index in [2.05, 4.69) is 0 Å². The maximum Gasteiger partial charge on any atom is 0.292 e. The zero-order valence-corrected chi connectivity index (χ0v) is 12.2. The molecule has 3 rings (SSSR count). The Hall–Kier alpha value is -2.15. The van der Waals surface area contributed by atoms with E-state index in [1.54, 1.807) is 6.07 Å². The molecule has 1 saturated carbocycles. The molecular formula is C15H19N3O4. The van der Waals surface area contributed by atoms with Crippen molar-refractivity contribution in [2.75, 3.05) is 18.9 Å². The Kier molecular flexibility index (Phi) is 3.98. The summed E-state index contributed by atoms with van der Waals surface area (Å²) in [6, 6.07) is 4.32. The van der Waals surface area contributed by atoms with Gasteiger partial charge in [-0.25, -0.2) is 0 Å². The SMILES string of the molecule is Nc1ccc(C(=O)N2CCO[C@@H]3CCCC[C@H]32)cc1[N+](=O)[O-]. The lowest BCUT2D eigenvalue weighted by atomic mass is 9.89. The minimum absolute atomic E-state index is 0.0686. The number of carbonyl (C=O) groups is 1. The molecule has 1 aromatic rings. The van der Waals surface area contributed by atoms with E-state index in [1.165, 1.54) is 12.1 Å². The number of morpholine rings is 1. The molecule has 118 valence electrons. The average molecular weight is 305 g/mol. The first kappa shape index (κ1) is 14.8. The van der Waals surface area contributed by atoms with Crippen LogP contribution in [0.3, 0.4) is 0 Å². The highest BCUT2D eigenvalue weighted by molar-refractivity contribution is 5.96. The molecule has 1 amide bonds. The Morgan fingerprint density at radius 3 is 2.91 bits per heavy atom.